The predicted molar refractivity (Wildman–Crippen MR) is 120 cm³/mol. The topological polar surface area (TPSA) is 46.1 Å². The van der Waals surface area contributed by atoms with Crippen molar-refractivity contribution in [2.45, 2.75) is 65.0 Å². The minimum absolute atomic E-state index is 0.331. The quantitative estimate of drug-likeness (QED) is 0.321. The molecule has 0 aliphatic heterocycles. The van der Waals surface area contributed by atoms with Gasteiger partial charge in [-0.1, -0.05) is 81.5 Å². The maximum absolute atomic E-state index is 11.1. The molecular formula is C26H33N2O2+. The Labute approximate surface area is 179 Å². The van der Waals surface area contributed by atoms with Crippen molar-refractivity contribution in [3.05, 3.63) is 89.5 Å². The van der Waals surface area contributed by atoms with Crippen LogP contribution in [0.5, 0.6) is 0 Å². The van der Waals surface area contributed by atoms with Gasteiger partial charge in [0, 0.05) is 6.42 Å². The monoisotopic (exact) mass is 405 g/mol. The number of carbonyl (C=O) groups is 1. The van der Waals surface area contributed by atoms with Gasteiger partial charge in [0.05, 0.1) is 5.56 Å². The number of aromatic nitrogens is 2. The number of benzene rings is 2. The zero-order valence-corrected chi connectivity index (χ0v) is 18.0. The zero-order valence-electron chi connectivity index (χ0n) is 18.0. The van der Waals surface area contributed by atoms with Crippen LogP contribution in [0.1, 0.15) is 72.8 Å². The Morgan fingerprint density at radius 1 is 0.900 bits per heavy atom. The number of aromatic carboxylic acids is 1. The van der Waals surface area contributed by atoms with E-state index in [0.29, 0.717) is 5.56 Å². The van der Waals surface area contributed by atoms with Crippen LogP contribution >= 0.6 is 0 Å². The van der Waals surface area contributed by atoms with E-state index in [-0.39, 0.29) is 0 Å². The Morgan fingerprint density at radius 3 is 2.30 bits per heavy atom. The number of carboxylic acids is 1. The standard InChI is InChI=1S/C26H32N2O2/c1-2-3-4-5-6-10-13-25-27(20-22-11-8-7-9-12-22)18-19-28(25)21-23-14-16-24(17-15-23)26(29)30/h7-9,11-12,14-19H,2-6,10,13,20-21H2,1H3/p+1. The Hall–Kier alpha value is -2.88. The number of hydrogen-bond donors (Lipinski definition) is 1. The first-order valence-electron chi connectivity index (χ1n) is 11.1. The Balaban J connectivity index is 1.72. The van der Waals surface area contributed by atoms with Crippen LogP contribution in [0.4, 0.5) is 0 Å². The molecule has 3 aromatic rings. The van der Waals surface area contributed by atoms with Gasteiger partial charge in [-0.3, -0.25) is 0 Å². The van der Waals surface area contributed by atoms with Gasteiger partial charge < -0.3 is 5.11 Å². The number of unbranched alkanes of at least 4 members (excludes halogenated alkanes) is 5. The van der Waals surface area contributed by atoms with Crippen molar-refractivity contribution in [2.24, 2.45) is 0 Å². The average molecular weight is 406 g/mol. The van der Waals surface area contributed by atoms with Crippen LogP contribution in [0, 0.1) is 0 Å². The van der Waals surface area contributed by atoms with Crippen molar-refractivity contribution in [1.82, 2.24) is 4.57 Å². The molecule has 4 nitrogen and oxygen atoms in total. The van der Waals surface area contributed by atoms with E-state index in [2.05, 4.69) is 58.8 Å². The second-order valence-corrected chi connectivity index (χ2v) is 7.98. The van der Waals surface area contributed by atoms with Crippen molar-refractivity contribution < 1.29 is 14.5 Å². The minimum atomic E-state index is -0.882. The van der Waals surface area contributed by atoms with Crippen LogP contribution < -0.4 is 4.57 Å². The molecule has 1 N–H and O–H groups in total. The van der Waals surface area contributed by atoms with Gasteiger partial charge in [-0.15, -0.1) is 0 Å². The molecule has 0 saturated carbocycles. The summed E-state index contributed by atoms with van der Waals surface area (Å²) < 4.78 is 4.66. The molecule has 0 amide bonds. The summed E-state index contributed by atoms with van der Waals surface area (Å²) in [7, 11) is 0. The molecule has 0 saturated heterocycles. The van der Waals surface area contributed by atoms with Crippen molar-refractivity contribution in [3.8, 4) is 0 Å². The van der Waals surface area contributed by atoms with Gasteiger partial charge in [0.2, 0.25) is 0 Å². The van der Waals surface area contributed by atoms with Crippen LogP contribution in [-0.4, -0.2) is 15.6 Å². The van der Waals surface area contributed by atoms with Gasteiger partial charge in [-0.05, 0) is 29.7 Å². The Morgan fingerprint density at radius 2 is 1.60 bits per heavy atom. The highest BCUT2D eigenvalue weighted by Crippen LogP contribution is 2.12. The molecule has 0 bridgehead atoms. The molecule has 158 valence electrons. The fourth-order valence-corrected chi connectivity index (χ4v) is 3.87. The molecule has 2 aromatic carbocycles. The number of imidazole rings is 1. The Bertz CT molecular complexity index is 914. The van der Waals surface area contributed by atoms with Crippen LogP contribution in [0.3, 0.4) is 0 Å². The zero-order chi connectivity index (χ0) is 21.2. The van der Waals surface area contributed by atoms with Gasteiger partial charge >= 0.3 is 5.97 Å². The average Bonchev–Trinajstić information content (AvgIpc) is 3.12. The van der Waals surface area contributed by atoms with Crippen molar-refractivity contribution >= 4 is 5.97 Å². The van der Waals surface area contributed by atoms with E-state index in [1.807, 2.05) is 12.1 Å². The Kier molecular flexibility index (Phi) is 8.25. The van der Waals surface area contributed by atoms with Crippen LogP contribution in [-0.2, 0) is 19.5 Å². The van der Waals surface area contributed by atoms with Crippen molar-refractivity contribution in [2.75, 3.05) is 0 Å². The molecule has 0 aliphatic carbocycles. The summed E-state index contributed by atoms with van der Waals surface area (Å²) in [6.45, 7) is 3.88. The summed E-state index contributed by atoms with van der Waals surface area (Å²) in [5, 5.41) is 9.12. The molecule has 3 rings (SSSR count). The third-order valence-electron chi connectivity index (χ3n) is 5.59. The molecule has 0 radical (unpaired) electrons. The van der Waals surface area contributed by atoms with E-state index in [4.69, 9.17) is 5.11 Å². The third kappa shape index (κ3) is 6.31. The molecular weight excluding hydrogens is 372 g/mol. The molecule has 1 aromatic heterocycles. The van der Waals surface area contributed by atoms with Crippen LogP contribution in [0.15, 0.2) is 67.0 Å². The molecule has 1 heterocycles. The summed E-state index contributed by atoms with van der Waals surface area (Å²) in [5.41, 5.74) is 2.75. The number of hydrogen-bond acceptors (Lipinski definition) is 1. The fraction of sp³-hybridized carbons (Fsp3) is 0.385. The maximum Gasteiger partial charge on any atom is 0.335 e. The maximum atomic E-state index is 11.1. The number of nitrogens with zero attached hydrogens (tertiary/aromatic N) is 2. The van der Waals surface area contributed by atoms with Gasteiger partial charge in [0.15, 0.2) is 0 Å². The number of carboxylic acid groups (broad SMARTS) is 1. The first kappa shape index (κ1) is 21.8. The van der Waals surface area contributed by atoms with E-state index < -0.39 is 5.97 Å². The first-order chi connectivity index (χ1) is 14.7. The summed E-state index contributed by atoms with van der Waals surface area (Å²) in [4.78, 5) is 11.1. The number of rotatable bonds is 12. The fourth-order valence-electron chi connectivity index (χ4n) is 3.87. The van der Waals surface area contributed by atoms with Crippen molar-refractivity contribution in [3.63, 3.8) is 0 Å². The van der Waals surface area contributed by atoms with E-state index in [1.54, 1.807) is 12.1 Å². The molecule has 0 unspecified atom stereocenters. The van der Waals surface area contributed by atoms with Gasteiger partial charge in [-0.2, -0.15) is 0 Å². The van der Waals surface area contributed by atoms with Crippen LogP contribution in [0.2, 0.25) is 0 Å². The third-order valence-corrected chi connectivity index (χ3v) is 5.59. The molecule has 30 heavy (non-hydrogen) atoms. The van der Waals surface area contributed by atoms with E-state index in [9.17, 15) is 4.79 Å². The van der Waals surface area contributed by atoms with E-state index >= 15 is 0 Å². The lowest BCUT2D eigenvalue weighted by atomic mass is 10.1. The lowest BCUT2D eigenvalue weighted by Crippen LogP contribution is -2.38. The SMILES string of the molecule is CCCCCCCCc1n(Cc2ccc(C(=O)O)cc2)cc[n+]1Cc1ccccc1. The summed E-state index contributed by atoms with van der Waals surface area (Å²) in [5.74, 6) is 0.448. The van der Waals surface area contributed by atoms with Gasteiger partial charge in [0.1, 0.15) is 25.5 Å². The van der Waals surface area contributed by atoms with Gasteiger partial charge in [0.25, 0.3) is 5.82 Å². The predicted octanol–water partition coefficient (Wildman–Crippen LogP) is 5.47. The molecule has 4 heteroatoms. The van der Waals surface area contributed by atoms with Crippen molar-refractivity contribution in [1.29, 1.82) is 0 Å². The van der Waals surface area contributed by atoms with Gasteiger partial charge in [-0.25, -0.2) is 13.9 Å². The normalized spacial score (nSPS) is 11.0. The highest BCUT2D eigenvalue weighted by atomic mass is 16.4. The molecule has 0 fully saturated rings. The summed E-state index contributed by atoms with van der Waals surface area (Å²) in [6, 6.07) is 17.8. The second kappa shape index (κ2) is 11.3. The van der Waals surface area contributed by atoms with E-state index in [1.165, 1.54) is 49.9 Å². The molecule has 0 spiro atoms. The highest BCUT2D eigenvalue weighted by Gasteiger charge is 2.18. The highest BCUT2D eigenvalue weighted by molar-refractivity contribution is 5.87. The lowest BCUT2D eigenvalue weighted by Gasteiger charge is -2.07. The van der Waals surface area contributed by atoms with E-state index in [0.717, 1.165) is 25.1 Å². The first-order valence-corrected chi connectivity index (χ1v) is 11.1. The molecule has 0 aliphatic rings. The molecule has 0 atom stereocenters. The summed E-state index contributed by atoms with van der Waals surface area (Å²) >= 11 is 0. The summed E-state index contributed by atoms with van der Waals surface area (Å²) in [6.07, 6.45) is 13.1. The smallest absolute Gasteiger partial charge is 0.335 e. The second-order valence-electron chi connectivity index (χ2n) is 7.98. The lowest BCUT2D eigenvalue weighted by molar-refractivity contribution is -0.695. The minimum Gasteiger partial charge on any atom is -0.478 e. The largest absolute Gasteiger partial charge is 0.478 e. The van der Waals surface area contributed by atoms with Crippen LogP contribution in [0.25, 0.3) is 0 Å².